The van der Waals surface area contributed by atoms with Gasteiger partial charge in [-0.3, -0.25) is 0 Å². The maximum atomic E-state index is 12.1. The maximum Gasteiger partial charge on any atom is 0.339 e. The second kappa shape index (κ2) is 6.88. The van der Waals surface area contributed by atoms with E-state index in [1.165, 1.54) is 0 Å². The summed E-state index contributed by atoms with van der Waals surface area (Å²) in [6, 6.07) is 4.81. The Bertz CT molecular complexity index is 503. The van der Waals surface area contributed by atoms with Crippen molar-refractivity contribution in [3.8, 4) is 0 Å². The molecule has 0 heterocycles. The highest BCUT2D eigenvalue weighted by Gasteiger charge is 2.21. The quantitative estimate of drug-likeness (QED) is 0.780. The Morgan fingerprint density at radius 2 is 1.70 bits per heavy atom. The van der Waals surface area contributed by atoms with E-state index in [9.17, 15) is 9.59 Å². The summed E-state index contributed by atoms with van der Waals surface area (Å²) in [4.78, 5) is 24.0. The van der Waals surface area contributed by atoms with E-state index in [4.69, 9.17) is 9.47 Å². The maximum absolute atomic E-state index is 12.1. The van der Waals surface area contributed by atoms with Crippen LogP contribution in [0.1, 0.15) is 48.4 Å². The molecule has 0 N–H and O–H groups in total. The van der Waals surface area contributed by atoms with E-state index in [0.29, 0.717) is 4.47 Å². The topological polar surface area (TPSA) is 52.6 Å². The molecule has 0 unspecified atom stereocenters. The Morgan fingerprint density at radius 1 is 1.10 bits per heavy atom. The van der Waals surface area contributed by atoms with Crippen molar-refractivity contribution >= 4 is 27.9 Å². The second-order valence-electron chi connectivity index (χ2n) is 5.55. The molecule has 0 bridgehead atoms. The molecule has 0 aliphatic heterocycles. The fourth-order valence-electron chi connectivity index (χ4n) is 1.43. The Morgan fingerprint density at radius 3 is 2.25 bits per heavy atom. The van der Waals surface area contributed by atoms with Crippen molar-refractivity contribution in [2.75, 3.05) is 13.2 Å². The molecule has 20 heavy (non-hydrogen) atoms. The fourth-order valence-corrected chi connectivity index (χ4v) is 1.79. The van der Waals surface area contributed by atoms with Gasteiger partial charge in [0.2, 0.25) is 0 Å². The monoisotopic (exact) mass is 342 g/mol. The number of hydrogen-bond donors (Lipinski definition) is 0. The molecule has 1 aromatic rings. The number of ether oxygens (including phenoxy) is 2. The van der Waals surface area contributed by atoms with Gasteiger partial charge >= 0.3 is 11.9 Å². The van der Waals surface area contributed by atoms with Gasteiger partial charge in [0, 0.05) is 4.47 Å². The third-order valence-electron chi connectivity index (χ3n) is 2.33. The molecule has 0 saturated carbocycles. The Hall–Kier alpha value is -1.36. The summed E-state index contributed by atoms with van der Waals surface area (Å²) in [5.74, 6) is -1.05. The van der Waals surface area contributed by atoms with Crippen LogP contribution in [0.25, 0.3) is 0 Å². The van der Waals surface area contributed by atoms with E-state index in [1.54, 1.807) is 25.1 Å². The molecule has 110 valence electrons. The first-order valence-electron chi connectivity index (χ1n) is 6.38. The summed E-state index contributed by atoms with van der Waals surface area (Å²) in [5.41, 5.74) is 0.294. The van der Waals surface area contributed by atoms with Gasteiger partial charge in [-0.05, 0) is 30.5 Å². The van der Waals surface area contributed by atoms with Crippen molar-refractivity contribution in [1.82, 2.24) is 0 Å². The first kappa shape index (κ1) is 16.7. The highest BCUT2D eigenvalue weighted by Crippen LogP contribution is 2.20. The van der Waals surface area contributed by atoms with Crippen LogP contribution in [0.2, 0.25) is 0 Å². The molecule has 0 aliphatic carbocycles. The summed E-state index contributed by atoms with van der Waals surface area (Å²) in [6.07, 6.45) is 0. The number of rotatable bonds is 4. The molecule has 0 aromatic heterocycles. The summed E-state index contributed by atoms with van der Waals surface area (Å²) >= 11 is 3.28. The molecule has 4 nitrogen and oxygen atoms in total. The molecule has 5 heteroatoms. The minimum atomic E-state index is -0.525. The van der Waals surface area contributed by atoms with Crippen LogP contribution in [0.4, 0.5) is 0 Å². The predicted octanol–water partition coefficient (Wildman–Crippen LogP) is 3.83. The first-order chi connectivity index (χ1) is 9.24. The zero-order valence-corrected chi connectivity index (χ0v) is 13.7. The zero-order chi connectivity index (χ0) is 15.3. The van der Waals surface area contributed by atoms with Gasteiger partial charge in [-0.1, -0.05) is 36.7 Å². The fraction of sp³-hybridized carbons (Fsp3) is 0.467. The Kier molecular flexibility index (Phi) is 5.74. The van der Waals surface area contributed by atoms with Crippen LogP contribution in [0.5, 0.6) is 0 Å². The minimum Gasteiger partial charge on any atom is -0.462 e. The summed E-state index contributed by atoms with van der Waals surface area (Å²) < 4.78 is 10.9. The molecule has 0 spiro atoms. The van der Waals surface area contributed by atoms with Gasteiger partial charge in [0.1, 0.15) is 0 Å². The van der Waals surface area contributed by atoms with Gasteiger partial charge in [-0.2, -0.15) is 0 Å². The number of carbonyl (C=O) groups is 2. The van der Waals surface area contributed by atoms with Crippen molar-refractivity contribution in [2.45, 2.75) is 27.7 Å². The number of esters is 2. The lowest BCUT2D eigenvalue weighted by molar-refractivity contribution is 0.0354. The van der Waals surface area contributed by atoms with Crippen molar-refractivity contribution in [3.63, 3.8) is 0 Å². The summed E-state index contributed by atoms with van der Waals surface area (Å²) in [7, 11) is 0. The van der Waals surface area contributed by atoms with Crippen LogP contribution in [0, 0.1) is 5.41 Å². The third kappa shape index (κ3) is 4.96. The molecule has 1 rings (SSSR count). The SMILES string of the molecule is CCOC(=O)c1ccc(Br)cc1C(=O)OCC(C)(C)C. The van der Waals surface area contributed by atoms with Crippen LogP contribution in [-0.4, -0.2) is 25.2 Å². The normalized spacial score (nSPS) is 11.1. The smallest absolute Gasteiger partial charge is 0.339 e. The second-order valence-corrected chi connectivity index (χ2v) is 6.46. The molecule has 0 saturated heterocycles. The highest BCUT2D eigenvalue weighted by atomic mass is 79.9. The van der Waals surface area contributed by atoms with E-state index < -0.39 is 11.9 Å². The molecule has 0 atom stereocenters. The molecule has 1 aromatic carbocycles. The Labute approximate surface area is 127 Å². The van der Waals surface area contributed by atoms with Crippen molar-refractivity contribution in [2.24, 2.45) is 5.41 Å². The van der Waals surface area contributed by atoms with Gasteiger partial charge in [0.25, 0.3) is 0 Å². The molecule has 0 amide bonds. The standard InChI is InChI=1S/C15H19BrO4/c1-5-19-13(17)11-7-6-10(16)8-12(11)14(18)20-9-15(2,3)4/h6-8H,5,9H2,1-4H3. The van der Waals surface area contributed by atoms with Crippen molar-refractivity contribution in [1.29, 1.82) is 0 Å². The van der Waals surface area contributed by atoms with Crippen molar-refractivity contribution in [3.05, 3.63) is 33.8 Å². The van der Waals surface area contributed by atoms with E-state index in [-0.39, 0.29) is 29.8 Å². The van der Waals surface area contributed by atoms with Gasteiger partial charge < -0.3 is 9.47 Å². The Balaban J connectivity index is 3.00. The van der Waals surface area contributed by atoms with Crippen LogP contribution >= 0.6 is 15.9 Å². The zero-order valence-electron chi connectivity index (χ0n) is 12.2. The lowest BCUT2D eigenvalue weighted by Gasteiger charge is -2.18. The number of halogens is 1. The lowest BCUT2D eigenvalue weighted by atomic mass is 9.98. The van der Waals surface area contributed by atoms with Crippen molar-refractivity contribution < 1.29 is 19.1 Å². The average molecular weight is 343 g/mol. The van der Waals surface area contributed by atoms with E-state index >= 15 is 0 Å². The van der Waals surface area contributed by atoms with E-state index in [0.717, 1.165) is 0 Å². The number of benzene rings is 1. The molecular formula is C15H19BrO4. The first-order valence-corrected chi connectivity index (χ1v) is 7.17. The van der Waals surface area contributed by atoms with Gasteiger partial charge in [0.15, 0.2) is 0 Å². The summed E-state index contributed by atoms with van der Waals surface area (Å²) in [6.45, 7) is 8.15. The predicted molar refractivity (Wildman–Crippen MR) is 79.8 cm³/mol. The largest absolute Gasteiger partial charge is 0.462 e. The third-order valence-corrected chi connectivity index (χ3v) is 2.83. The molecule has 0 aliphatic rings. The molecule has 0 radical (unpaired) electrons. The number of hydrogen-bond acceptors (Lipinski definition) is 4. The minimum absolute atomic E-state index is 0.133. The molecular weight excluding hydrogens is 324 g/mol. The van der Waals surface area contributed by atoms with E-state index in [2.05, 4.69) is 15.9 Å². The lowest BCUT2D eigenvalue weighted by Crippen LogP contribution is -2.20. The van der Waals surface area contributed by atoms with Gasteiger partial charge in [-0.15, -0.1) is 0 Å². The average Bonchev–Trinajstić information content (AvgIpc) is 2.35. The van der Waals surface area contributed by atoms with Gasteiger partial charge in [0.05, 0.1) is 24.3 Å². The van der Waals surface area contributed by atoms with Gasteiger partial charge in [-0.25, -0.2) is 9.59 Å². The molecule has 0 fully saturated rings. The number of carbonyl (C=O) groups excluding carboxylic acids is 2. The highest BCUT2D eigenvalue weighted by molar-refractivity contribution is 9.10. The van der Waals surface area contributed by atoms with Crippen LogP contribution in [-0.2, 0) is 9.47 Å². The van der Waals surface area contributed by atoms with Crippen LogP contribution < -0.4 is 0 Å². The summed E-state index contributed by atoms with van der Waals surface area (Å²) in [5, 5.41) is 0. The van der Waals surface area contributed by atoms with Crippen LogP contribution in [0.15, 0.2) is 22.7 Å². The van der Waals surface area contributed by atoms with Crippen LogP contribution in [0.3, 0.4) is 0 Å². The van der Waals surface area contributed by atoms with E-state index in [1.807, 2.05) is 20.8 Å².